The van der Waals surface area contributed by atoms with Gasteiger partial charge in [0, 0.05) is 6.42 Å². The van der Waals surface area contributed by atoms with Gasteiger partial charge in [-0.3, -0.25) is 13.8 Å². The molecule has 0 spiro atoms. The molecule has 0 radical (unpaired) electrons. The Morgan fingerprint density at radius 3 is 1.37 bits per heavy atom. The first-order chi connectivity index (χ1) is 23.5. The molecule has 0 saturated heterocycles. The molecule has 0 aromatic heterocycles. The molecule has 3 N–H and O–H groups in total. The summed E-state index contributed by atoms with van der Waals surface area (Å²) >= 11 is 0. The third-order valence-corrected chi connectivity index (χ3v) is 10.6. The molecule has 1 unspecified atom stereocenters. The van der Waals surface area contributed by atoms with Crippen LogP contribution < -0.4 is 5.32 Å². The number of likely N-dealkylation sites (N-methyl/N-ethyl adjacent to an activating group) is 1. The fourth-order valence-electron chi connectivity index (χ4n) is 6.22. The first-order valence-corrected chi connectivity index (χ1v) is 22.4. The monoisotopic (exact) mass is 720 g/mol. The molecule has 0 aliphatic heterocycles. The van der Waals surface area contributed by atoms with Gasteiger partial charge in [-0.25, -0.2) is 4.57 Å². The molecule has 49 heavy (non-hydrogen) atoms. The number of rotatable bonds is 38. The Kier molecular flexibility index (Phi) is 33.0. The SMILES string of the molecule is CCCCCCCCCCCCCCCCC(=O)N[C@@H](COP(=O)(O)OCC[N+](C)(C)C)[C@H](O)CCCCCCCCCCCCCCC. The molecule has 0 aromatic carbocycles. The number of phosphoric ester groups is 1. The van der Waals surface area contributed by atoms with Crippen LogP contribution in [0, 0.1) is 0 Å². The number of hydrogen-bond acceptors (Lipinski definition) is 5. The molecular formula is C40H84N2O6P+. The lowest BCUT2D eigenvalue weighted by molar-refractivity contribution is -0.870. The van der Waals surface area contributed by atoms with Crippen molar-refractivity contribution in [2.45, 2.75) is 212 Å². The van der Waals surface area contributed by atoms with Crippen LogP contribution in [0.3, 0.4) is 0 Å². The Balaban J connectivity index is 4.39. The van der Waals surface area contributed by atoms with Gasteiger partial charge >= 0.3 is 7.82 Å². The molecule has 0 rings (SSSR count). The lowest BCUT2D eigenvalue weighted by atomic mass is 10.0. The van der Waals surface area contributed by atoms with Crippen molar-refractivity contribution < 1.29 is 32.9 Å². The lowest BCUT2D eigenvalue weighted by Crippen LogP contribution is -2.46. The van der Waals surface area contributed by atoms with E-state index < -0.39 is 20.0 Å². The van der Waals surface area contributed by atoms with Crippen molar-refractivity contribution in [3.05, 3.63) is 0 Å². The number of phosphoric acid groups is 1. The van der Waals surface area contributed by atoms with Crippen LogP contribution in [-0.2, 0) is 18.4 Å². The van der Waals surface area contributed by atoms with E-state index in [-0.39, 0.29) is 19.1 Å². The zero-order chi connectivity index (χ0) is 36.5. The van der Waals surface area contributed by atoms with E-state index >= 15 is 0 Å². The number of aliphatic hydroxyl groups is 1. The Hall–Kier alpha value is -0.500. The summed E-state index contributed by atoms with van der Waals surface area (Å²) in [5, 5.41) is 13.9. The van der Waals surface area contributed by atoms with Crippen molar-refractivity contribution in [3.63, 3.8) is 0 Å². The van der Waals surface area contributed by atoms with Crippen molar-refractivity contribution in [1.29, 1.82) is 0 Å². The molecule has 0 aromatic rings. The van der Waals surface area contributed by atoms with Crippen LogP contribution in [0.15, 0.2) is 0 Å². The number of nitrogens with zero attached hydrogens (tertiary/aromatic N) is 1. The number of hydrogen-bond donors (Lipinski definition) is 3. The van der Waals surface area contributed by atoms with Gasteiger partial charge in [0.25, 0.3) is 0 Å². The van der Waals surface area contributed by atoms with Crippen LogP contribution in [0.25, 0.3) is 0 Å². The van der Waals surface area contributed by atoms with Gasteiger partial charge in [-0.1, -0.05) is 181 Å². The second-order valence-corrected chi connectivity index (χ2v) is 17.2. The first-order valence-electron chi connectivity index (χ1n) is 20.9. The summed E-state index contributed by atoms with van der Waals surface area (Å²) in [7, 11) is 1.62. The Morgan fingerprint density at radius 1 is 0.612 bits per heavy atom. The number of aliphatic hydroxyl groups excluding tert-OH is 1. The summed E-state index contributed by atoms with van der Waals surface area (Å²) in [6.45, 7) is 4.89. The number of nitrogens with one attached hydrogen (secondary N) is 1. The van der Waals surface area contributed by atoms with Crippen LogP contribution in [0.2, 0.25) is 0 Å². The Morgan fingerprint density at radius 2 is 0.980 bits per heavy atom. The quantitative estimate of drug-likeness (QED) is 0.0333. The van der Waals surface area contributed by atoms with Crippen LogP contribution in [0.1, 0.15) is 200 Å². The van der Waals surface area contributed by atoms with Crippen LogP contribution in [0.5, 0.6) is 0 Å². The van der Waals surface area contributed by atoms with E-state index in [9.17, 15) is 19.4 Å². The molecule has 0 fully saturated rings. The number of carbonyl (C=O) groups is 1. The number of carbonyl (C=O) groups excluding carboxylic acids is 1. The highest BCUT2D eigenvalue weighted by molar-refractivity contribution is 7.47. The van der Waals surface area contributed by atoms with E-state index in [1.54, 1.807) is 0 Å². The van der Waals surface area contributed by atoms with Crippen molar-refractivity contribution in [2.24, 2.45) is 0 Å². The minimum absolute atomic E-state index is 0.0783. The predicted molar refractivity (Wildman–Crippen MR) is 208 cm³/mol. The van der Waals surface area contributed by atoms with Crippen LogP contribution in [-0.4, -0.2) is 73.4 Å². The first kappa shape index (κ1) is 48.5. The molecular weight excluding hydrogens is 635 g/mol. The van der Waals surface area contributed by atoms with Gasteiger partial charge in [0.05, 0.1) is 39.9 Å². The van der Waals surface area contributed by atoms with E-state index in [0.717, 1.165) is 38.5 Å². The summed E-state index contributed by atoms with van der Waals surface area (Å²) in [5.74, 6) is -0.143. The zero-order valence-electron chi connectivity index (χ0n) is 33.2. The number of amides is 1. The average molecular weight is 720 g/mol. The van der Waals surface area contributed by atoms with Gasteiger partial charge < -0.3 is 19.8 Å². The van der Waals surface area contributed by atoms with Crippen molar-refractivity contribution in [2.75, 3.05) is 40.9 Å². The molecule has 0 heterocycles. The second kappa shape index (κ2) is 33.3. The Bertz CT molecular complexity index is 778. The maximum Gasteiger partial charge on any atom is 0.472 e. The highest BCUT2D eigenvalue weighted by Crippen LogP contribution is 2.43. The maximum absolute atomic E-state index is 12.8. The van der Waals surface area contributed by atoms with Gasteiger partial charge in [-0.15, -0.1) is 0 Å². The fourth-order valence-corrected chi connectivity index (χ4v) is 6.96. The van der Waals surface area contributed by atoms with Crippen LogP contribution >= 0.6 is 7.82 Å². The molecule has 0 aliphatic rings. The number of unbranched alkanes of at least 4 members (excludes halogenated alkanes) is 25. The highest BCUT2D eigenvalue weighted by atomic mass is 31.2. The molecule has 8 nitrogen and oxygen atoms in total. The molecule has 9 heteroatoms. The molecule has 0 bridgehead atoms. The van der Waals surface area contributed by atoms with Crippen LogP contribution in [0.4, 0.5) is 0 Å². The smallest absolute Gasteiger partial charge is 0.391 e. The van der Waals surface area contributed by atoms with E-state index in [1.807, 2.05) is 21.1 Å². The van der Waals surface area contributed by atoms with Gasteiger partial charge in [0.15, 0.2) is 0 Å². The van der Waals surface area contributed by atoms with E-state index in [2.05, 4.69) is 19.2 Å². The average Bonchev–Trinajstić information content (AvgIpc) is 3.04. The maximum atomic E-state index is 12.8. The molecule has 294 valence electrons. The Labute approximate surface area is 304 Å². The normalized spacial score (nSPS) is 14.5. The second-order valence-electron chi connectivity index (χ2n) is 15.7. The largest absolute Gasteiger partial charge is 0.472 e. The third-order valence-electron chi connectivity index (χ3n) is 9.61. The van der Waals surface area contributed by atoms with Gasteiger partial charge in [-0.05, 0) is 12.8 Å². The predicted octanol–water partition coefficient (Wildman–Crippen LogP) is 11.0. The summed E-state index contributed by atoms with van der Waals surface area (Å²) in [6, 6.07) is -0.751. The van der Waals surface area contributed by atoms with E-state index in [4.69, 9.17) is 9.05 Å². The topological polar surface area (TPSA) is 105 Å². The van der Waals surface area contributed by atoms with E-state index in [1.165, 1.54) is 135 Å². The fraction of sp³-hybridized carbons (Fsp3) is 0.975. The lowest BCUT2D eigenvalue weighted by Gasteiger charge is -2.26. The van der Waals surface area contributed by atoms with Gasteiger partial charge in [0.2, 0.25) is 5.91 Å². The molecule has 1 amide bonds. The standard InChI is InChI=1S/C40H83N2O6P/c1-6-8-10-12-14-16-18-20-22-24-26-28-30-32-34-40(44)41-38(37-48-49(45,46)47-36-35-42(3,4)5)39(43)33-31-29-27-25-23-21-19-17-15-13-11-9-7-2/h38-39,43H,6-37H2,1-5H3,(H-,41,44,45,46)/p+1/t38-,39+/m0/s1. The summed E-state index contributed by atoms with van der Waals surface area (Å²) in [5.41, 5.74) is 0. The number of quaternary nitrogens is 1. The van der Waals surface area contributed by atoms with E-state index in [0.29, 0.717) is 23.9 Å². The van der Waals surface area contributed by atoms with Crippen molar-refractivity contribution in [1.82, 2.24) is 5.32 Å². The minimum atomic E-state index is -4.30. The molecule has 0 saturated carbocycles. The summed E-state index contributed by atoms with van der Waals surface area (Å²) in [6.07, 6.45) is 34.0. The summed E-state index contributed by atoms with van der Waals surface area (Å²) < 4.78 is 23.6. The highest BCUT2D eigenvalue weighted by Gasteiger charge is 2.28. The molecule has 0 aliphatic carbocycles. The van der Waals surface area contributed by atoms with Gasteiger partial charge in [-0.2, -0.15) is 0 Å². The van der Waals surface area contributed by atoms with Gasteiger partial charge in [0.1, 0.15) is 13.2 Å². The van der Waals surface area contributed by atoms with Crippen molar-refractivity contribution in [3.8, 4) is 0 Å². The zero-order valence-corrected chi connectivity index (χ0v) is 34.1. The minimum Gasteiger partial charge on any atom is -0.391 e. The summed E-state index contributed by atoms with van der Waals surface area (Å²) in [4.78, 5) is 23.1. The molecule has 3 atom stereocenters. The van der Waals surface area contributed by atoms with Crippen molar-refractivity contribution >= 4 is 13.7 Å². The third kappa shape index (κ3) is 35.7.